The number of carbonyl (C=O) groups excluding carboxylic acids is 1. The van der Waals surface area contributed by atoms with E-state index in [1.165, 1.54) is 11.3 Å². The summed E-state index contributed by atoms with van der Waals surface area (Å²) in [5.41, 5.74) is 4.21. The van der Waals surface area contributed by atoms with Crippen LogP contribution in [0.3, 0.4) is 0 Å². The van der Waals surface area contributed by atoms with Gasteiger partial charge in [-0.05, 0) is 41.9 Å². The van der Waals surface area contributed by atoms with Gasteiger partial charge in [0.05, 0.1) is 31.5 Å². The smallest absolute Gasteiger partial charge is 0.311 e. The Hall–Kier alpha value is -2.64. The molecule has 0 aliphatic heterocycles. The lowest BCUT2D eigenvalue weighted by molar-refractivity contribution is -0.142. The van der Waals surface area contributed by atoms with E-state index in [0.29, 0.717) is 35.5 Å². The van der Waals surface area contributed by atoms with Crippen LogP contribution in [0.2, 0.25) is 0 Å². The molecule has 28 heavy (non-hydrogen) atoms. The molecule has 148 valence electrons. The number of ether oxygens (including phenoxy) is 3. The Morgan fingerprint density at radius 2 is 2.14 bits per heavy atom. The molecular formula is C18H19BrN4O4S. The lowest BCUT2D eigenvalue weighted by Crippen LogP contribution is -2.07. The SMILES string of the molecule is CCOC(=O)Cc1csc(NN=Cc2cc(OCC)c(OCC#N)cc2Br)n1. The Morgan fingerprint density at radius 1 is 1.36 bits per heavy atom. The molecule has 1 N–H and O–H groups in total. The number of esters is 1. The largest absolute Gasteiger partial charge is 0.490 e. The van der Waals surface area contributed by atoms with E-state index in [1.807, 2.05) is 13.0 Å². The highest BCUT2D eigenvalue weighted by Crippen LogP contribution is 2.33. The second-order valence-corrected chi connectivity index (χ2v) is 6.91. The molecule has 0 aliphatic rings. The van der Waals surface area contributed by atoms with Crippen molar-refractivity contribution in [3.8, 4) is 17.6 Å². The molecule has 1 aromatic heterocycles. The number of halogens is 1. The van der Waals surface area contributed by atoms with Gasteiger partial charge in [-0.1, -0.05) is 0 Å². The summed E-state index contributed by atoms with van der Waals surface area (Å²) in [7, 11) is 0. The number of nitrogens with zero attached hydrogens (tertiary/aromatic N) is 3. The maximum atomic E-state index is 11.5. The molecule has 2 rings (SSSR count). The Kier molecular flexibility index (Phi) is 8.71. The van der Waals surface area contributed by atoms with Crippen molar-refractivity contribution in [1.29, 1.82) is 5.26 Å². The average Bonchev–Trinajstić information content (AvgIpc) is 3.10. The number of hydrogen-bond acceptors (Lipinski definition) is 9. The third-order valence-electron chi connectivity index (χ3n) is 3.20. The number of nitrogens with one attached hydrogen (secondary N) is 1. The molecule has 0 fully saturated rings. The van der Waals surface area contributed by atoms with Crippen LogP contribution in [0.5, 0.6) is 11.5 Å². The van der Waals surface area contributed by atoms with Crippen LogP contribution in [0.4, 0.5) is 5.13 Å². The fourth-order valence-electron chi connectivity index (χ4n) is 2.10. The van der Waals surface area contributed by atoms with Crippen molar-refractivity contribution in [3.05, 3.63) is 33.2 Å². The number of nitriles is 1. The van der Waals surface area contributed by atoms with Crippen molar-refractivity contribution in [3.63, 3.8) is 0 Å². The fourth-order valence-corrected chi connectivity index (χ4v) is 3.18. The Balaban J connectivity index is 2.05. The van der Waals surface area contributed by atoms with Crippen LogP contribution in [-0.2, 0) is 16.0 Å². The lowest BCUT2D eigenvalue weighted by Gasteiger charge is -2.12. The number of thiazole rings is 1. The molecule has 0 amide bonds. The molecular weight excluding hydrogens is 448 g/mol. The molecule has 0 spiro atoms. The van der Waals surface area contributed by atoms with Crippen molar-refractivity contribution < 1.29 is 19.0 Å². The monoisotopic (exact) mass is 466 g/mol. The first kappa shape index (κ1) is 21.7. The molecule has 0 unspecified atom stereocenters. The summed E-state index contributed by atoms with van der Waals surface area (Å²) in [5, 5.41) is 15.2. The predicted molar refractivity (Wildman–Crippen MR) is 110 cm³/mol. The van der Waals surface area contributed by atoms with Gasteiger partial charge in [0.25, 0.3) is 0 Å². The molecule has 2 aromatic rings. The van der Waals surface area contributed by atoms with Crippen molar-refractivity contribution in [2.75, 3.05) is 25.2 Å². The number of hydrogen-bond donors (Lipinski definition) is 1. The zero-order valence-corrected chi connectivity index (χ0v) is 17.8. The quantitative estimate of drug-likeness (QED) is 0.322. The average molecular weight is 467 g/mol. The predicted octanol–water partition coefficient (Wildman–Crippen LogP) is 3.76. The minimum absolute atomic E-state index is 0.0698. The standard InChI is InChI=1S/C18H19BrN4O4S/c1-3-25-15-7-12(14(19)9-16(15)27-6-5-20)10-21-23-18-22-13(11-28-18)8-17(24)26-4-2/h7,9-11H,3-4,6,8H2,1-2H3,(H,22,23). The lowest BCUT2D eigenvalue weighted by atomic mass is 10.2. The van der Waals surface area contributed by atoms with E-state index in [9.17, 15) is 4.79 Å². The maximum absolute atomic E-state index is 11.5. The van der Waals surface area contributed by atoms with Crippen LogP contribution in [0.25, 0.3) is 0 Å². The maximum Gasteiger partial charge on any atom is 0.311 e. The minimum atomic E-state index is -0.311. The number of carbonyl (C=O) groups is 1. The van der Waals surface area contributed by atoms with Crippen LogP contribution in [-0.4, -0.2) is 37.0 Å². The van der Waals surface area contributed by atoms with E-state index in [2.05, 4.69) is 31.4 Å². The molecule has 0 saturated heterocycles. The summed E-state index contributed by atoms with van der Waals surface area (Å²) in [6, 6.07) is 5.42. The normalized spacial score (nSPS) is 10.5. The highest BCUT2D eigenvalue weighted by atomic mass is 79.9. The molecule has 0 bridgehead atoms. The summed E-state index contributed by atoms with van der Waals surface area (Å²) >= 11 is 4.80. The van der Waals surface area contributed by atoms with E-state index in [-0.39, 0.29) is 19.0 Å². The minimum Gasteiger partial charge on any atom is -0.490 e. The molecule has 0 saturated carbocycles. The first-order valence-corrected chi connectivity index (χ1v) is 10.1. The van der Waals surface area contributed by atoms with Gasteiger partial charge in [-0.15, -0.1) is 11.3 Å². The van der Waals surface area contributed by atoms with Gasteiger partial charge in [0, 0.05) is 15.4 Å². The van der Waals surface area contributed by atoms with Gasteiger partial charge in [-0.3, -0.25) is 10.2 Å². The zero-order chi connectivity index (χ0) is 20.4. The number of anilines is 1. The van der Waals surface area contributed by atoms with Crippen molar-refractivity contribution in [2.45, 2.75) is 20.3 Å². The second-order valence-electron chi connectivity index (χ2n) is 5.20. The highest BCUT2D eigenvalue weighted by Gasteiger charge is 2.11. The molecule has 8 nitrogen and oxygen atoms in total. The Bertz CT molecular complexity index is 879. The van der Waals surface area contributed by atoms with Crippen molar-refractivity contribution >= 4 is 44.6 Å². The van der Waals surface area contributed by atoms with Gasteiger partial charge in [0.2, 0.25) is 5.13 Å². The van der Waals surface area contributed by atoms with Crippen LogP contribution in [0.15, 0.2) is 27.1 Å². The van der Waals surface area contributed by atoms with Gasteiger partial charge in [-0.2, -0.15) is 10.4 Å². The number of hydrazone groups is 1. The second kappa shape index (κ2) is 11.3. The summed E-state index contributed by atoms with van der Waals surface area (Å²) in [5.74, 6) is 0.686. The van der Waals surface area contributed by atoms with Crippen LogP contribution in [0, 0.1) is 11.3 Å². The third kappa shape index (κ3) is 6.51. The number of aromatic nitrogens is 1. The molecule has 0 aliphatic carbocycles. The first-order chi connectivity index (χ1) is 13.6. The van der Waals surface area contributed by atoms with Gasteiger partial charge < -0.3 is 14.2 Å². The van der Waals surface area contributed by atoms with E-state index in [4.69, 9.17) is 19.5 Å². The molecule has 10 heteroatoms. The molecule has 1 heterocycles. The zero-order valence-electron chi connectivity index (χ0n) is 15.4. The first-order valence-electron chi connectivity index (χ1n) is 8.42. The molecule has 1 aromatic carbocycles. The van der Waals surface area contributed by atoms with Crippen LogP contribution in [0.1, 0.15) is 25.1 Å². The van der Waals surface area contributed by atoms with Crippen molar-refractivity contribution in [1.82, 2.24) is 4.98 Å². The van der Waals surface area contributed by atoms with Gasteiger partial charge in [0.1, 0.15) is 6.07 Å². The van der Waals surface area contributed by atoms with Crippen LogP contribution < -0.4 is 14.9 Å². The molecule has 0 radical (unpaired) electrons. The van der Waals surface area contributed by atoms with Gasteiger partial charge >= 0.3 is 5.97 Å². The summed E-state index contributed by atoms with van der Waals surface area (Å²) in [6.07, 6.45) is 1.73. The fraction of sp³-hybridized carbons (Fsp3) is 0.333. The van der Waals surface area contributed by atoms with E-state index in [0.717, 1.165) is 10.0 Å². The number of rotatable bonds is 10. The van der Waals surface area contributed by atoms with Crippen LogP contribution >= 0.6 is 27.3 Å². The Morgan fingerprint density at radius 3 is 2.86 bits per heavy atom. The topological polar surface area (TPSA) is 106 Å². The molecule has 0 atom stereocenters. The number of benzene rings is 1. The van der Waals surface area contributed by atoms with E-state index in [1.54, 1.807) is 30.7 Å². The summed E-state index contributed by atoms with van der Waals surface area (Å²) in [4.78, 5) is 15.8. The third-order valence-corrected chi connectivity index (χ3v) is 4.68. The highest BCUT2D eigenvalue weighted by molar-refractivity contribution is 9.10. The van der Waals surface area contributed by atoms with E-state index < -0.39 is 0 Å². The summed E-state index contributed by atoms with van der Waals surface area (Å²) in [6.45, 7) is 4.36. The summed E-state index contributed by atoms with van der Waals surface area (Å²) < 4.78 is 16.6. The van der Waals surface area contributed by atoms with Crippen molar-refractivity contribution in [2.24, 2.45) is 5.10 Å². The van der Waals surface area contributed by atoms with E-state index >= 15 is 0 Å². The van der Waals surface area contributed by atoms with Gasteiger partial charge in [0.15, 0.2) is 18.1 Å². The van der Waals surface area contributed by atoms with Gasteiger partial charge in [-0.25, -0.2) is 4.98 Å². The Labute approximate surface area is 175 Å².